The van der Waals surface area contributed by atoms with Crippen LogP contribution in [0.1, 0.15) is 23.0 Å². The van der Waals surface area contributed by atoms with Gasteiger partial charge in [-0.25, -0.2) is 4.79 Å². The van der Waals surface area contributed by atoms with E-state index in [1.165, 1.54) is 6.92 Å². The third-order valence-corrected chi connectivity index (χ3v) is 3.14. The topological polar surface area (TPSA) is 39.4 Å². The SMILES string of the molecule is CCOC(=O)c1cc(-c2ccc(Br)cc2)oc1C(F)(F)F. The van der Waals surface area contributed by atoms with E-state index in [0.29, 0.717) is 5.56 Å². The number of carbonyl (C=O) groups is 1. The number of hydrogen-bond donors (Lipinski definition) is 0. The molecule has 1 aromatic carbocycles. The zero-order valence-corrected chi connectivity index (χ0v) is 12.4. The molecule has 1 aromatic heterocycles. The fraction of sp³-hybridized carbons (Fsp3) is 0.214. The van der Waals surface area contributed by atoms with E-state index < -0.39 is 23.5 Å². The first kappa shape index (κ1) is 15.6. The molecule has 0 spiro atoms. The molecule has 0 saturated heterocycles. The molecule has 0 unspecified atom stereocenters. The zero-order valence-electron chi connectivity index (χ0n) is 10.8. The molecule has 0 amide bonds. The number of halogens is 4. The summed E-state index contributed by atoms with van der Waals surface area (Å²) in [5.74, 6) is -2.45. The summed E-state index contributed by atoms with van der Waals surface area (Å²) in [6.07, 6.45) is -4.77. The van der Waals surface area contributed by atoms with Crippen LogP contribution in [0.5, 0.6) is 0 Å². The molecule has 112 valence electrons. The maximum atomic E-state index is 12.9. The van der Waals surface area contributed by atoms with Crippen molar-refractivity contribution in [3.05, 3.63) is 46.1 Å². The van der Waals surface area contributed by atoms with Gasteiger partial charge in [-0.15, -0.1) is 0 Å². The second-order valence-electron chi connectivity index (χ2n) is 4.08. The fourth-order valence-electron chi connectivity index (χ4n) is 1.72. The second kappa shape index (κ2) is 5.93. The minimum atomic E-state index is -4.77. The Labute approximate surface area is 126 Å². The van der Waals surface area contributed by atoms with Crippen LogP contribution < -0.4 is 0 Å². The average Bonchev–Trinajstić information content (AvgIpc) is 2.85. The lowest BCUT2D eigenvalue weighted by atomic mass is 10.1. The molecule has 0 aliphatic heterocycles. The van der Waals surface area contributed by atoms with Crippen LogP contribution >= 0.6 is 15.9 Å². The Morgan fingerprint density at radius 1 is 1.29 bits per heavy atom. The molecule has 0 bridgehead atoms. The molecule has 3 nitrogen and oxygen atoms in total. The predicted molar refractivity (Wildman–Crippen MR) is 72.8 cm³/mol. The highest BCUT2D eigenvalue weighted by Gasteiger charge is 2.41. The van der Waals surface area contributed by atoms with E-state index in [9.17, 15) is 18.0 Å². The summed E-state index contributed by atoms with van der Waals surface area (Å²) in [5.41, 5.74) is -0.193. The number of furan rings is 1. The summed E-state index contributed by atoms with van der Waals surface area (Å²) in [6, 6.07) is 7.53. The van der Waals surface area contributed by atoms with Gasteiger partial charge in [0.25, 0.3) is 0 Å². The molecule has 0 aliphatic rings. The lowest BCUT2D eigenvalue weighted by molar-refractivity contribution is -0.153. The molecule has 2 aromatic rings. The maximum Gasteiger partial charge on any atom is 0.450 e. The summed E-state index contributed by atoms with van der Waals surface area (Å²) >= 11 is 3.23. The number of benzene rings is 1. The number of alkyl halides is 3. The van der Waals surface area contributed by atoms with Gasteiger partial charge in [0.05, 0.1) is 6.61 Å². The maximum absolute atomic E-state index is 12.9. The van der Waals surface area contributed by atoms with E-state index in [1.54, 1.807) is 24.3 Å². The van der Waals surface area contributed by atoms with Gasteiger partial charge in [-0.05, 0) is 25.1 Å². The minimum Gasteiger partial charge on any atom is -0.462 e. The van der Waals surface area contributed by atoms with Crippen molar-refractivity contribution < 1.29 is 27.1 Å². The lowest BCUT2D eigenvalue weighted by Gasteiger charge is -2.05. The van der Waals surface area contributed by atoms with Crippen LogP contribution in [0.2, 0.25) is 0 Å². The van der Waals surface area contributed by atoms with E-state index in [0.717, 1.165) is 10.5 Å². The van der Waals surface area contributed by atoms with Crippen molar-refractivity contribution in [1.82, 2.24) is 0 Å². The molecule has 0 N–H and O–H groups in total. The fourth-order valence-corrected chi connectivity index (χ4v) is 1.98. The van der Waals surface area contributed by atoms with Crippen molar-refractivity contribution in [2.75, 3.05) is 6.61 Å². The quantitative estimate of drug-likeness (QED) is 0.728. The van der Waals surface area contributed by atoms with Crippen LogP contribution in [0.15, 0.2) is 39.2 Å². The van der Waals surface area contributed by atoms with E-state index in [-0.39, 0.29) is 12.4 Å². The molecular formula is C14H10BrF3O3. The highest BCUT2D eigenvalue weighted by Crippen LogP contribution is 2.37. The molecule has 1 heterocycles. The van der Waals surface area contributed by atoms with Crippen molar-refractivity contribution in [3.8, 4) is 11.3 Å². The number of esters is 1. The first-order chi connectivity index (χ1) is 9.82. The van der Waals surface area contributed by atoms with Crippen molar-refractivity contribution in [2.45, 2.75) is 13.1 Å². The Morgan fingerprint density at radius 3 is 2.43 bits per heavy atom. The Bertz CT molecular complexity index is 644. The van der Waals surface area contributed by atoms with Gasteiger partial charge < -0.3 is 9.15 Å². The first-order valence-corrected chi connectivity index (χ1v) is 6.76. The Balaban J connectivity index is 2.50. The van der Waals surface area contributed by atoms with Gasteiger partial charge in [-0.1, -0.05) is 28.1 Å². The molecule has 2 rings (SSSR count). The van der Waals surface area contributed by atoms with Crippen molar-refractivity contribution in [3.63, 3.8) is 0 Å². The molecule has 0 atom stereocenters. The molecule has 21 heavy (non-hydrogen) atoms. The van der Waals surface area contributed by atoms with Gasteiger partial charge >= 0.3 is 12.1 Å². The van der Waals surface area contributed by atoms with Crippen LogP contribution in [0.3, 0.4) is 0 Å². The zero-order chi connectivity index (χ0) is 15.6. The van der Waals surface area contributed by atoms with E-state index >= 15 is 0 Å². The minimum absolute atomic E-state index is 0.0189. The molecule has 0 aliphatic carbocycles. The first-order valence-electron chi connectivity index (χ1n) is 5.97. The third-order valence-electron chi connectivity index (χ3n) is 2.61. The number of hydrogen-bond acceptors (Lipinski definition) is 3. The smallest absolute Gasteiger partial charge is 0.450 e. The van der Waals surface area contributed by atoms with Crippen LogP contribution in [0.25, 0.3) is 11.3 Å². The normalized spacial score (nSPS) is 11.5. The van der Waals surface area contributed by atoms with Crippen LogP contribution in [-0.4, -0.2) is 12.6 Å². The highest BCUT2D eigenvalue weighted by molar-refractivity contribution is 9.10. The summed E-state index contributed by atoms with van der Waals surface area (Å²) in [4.78, 5) is 11.6. The van der Waals surface area contributed by atoms with E-state index in [2.05, 4.69) is 20.7 Å². The largest absolute Gasteiger partial charge is 0.462 e. The van der Waals surface area contributed by atoms with Crippen LogP contribution in [-0.2, 0) is 10.9 Å². The van der Waals surface area contributed by atoms with Crippen LogP contribution in [0, 0.1) is 0 Å². The summed E-state index contributed by atoms with van der Waals surface area (Å²) in [5, 5.41) is 0. The Hall–Kier alpha value is -1.76. The third kappa shape index (κ3) is 3.47. The molecule has 0 fully saturated rings. The summed E-state index contributed by atoms with van der Waals surface area (Å²) in [6.45, 7) is 1.50. The summed E-state index contributed by atoms with van der Waals surface area (Å²) < 4.78 is 49.0. The standard InChI is InChI=1S/C14H10BrF3O3/c1-2-20-13(19)10-7-11(21-12(10)14(16,17)18)8-3-5-9(15)6-4-8/h3-7H,2H2,1H3. The molecular weight excluding hydrogens is 353 g/mol. The van der Waals surface area contributed by atoms with Crippen molar-refractivity contribution in [1.29, 1.82) is 0 Å². The van der Waals surface area contributed by atoms with Crippen molar-refractivity contribution >= 4 is 21.9 Å². The van der Waals surface area contributed by atoms with Gasteiger partial charge in [-0.2, -0.15) is 13.2 Å². The number of rotatable bonds is 3. The van der Waals surface area contributed by atoms with Gasteiger partial charge in [0.15, 0.2) is 0 Å². The summed E-state index contributed by atoms with van der Waals surface area (Å²) in [7, 11) is 0. The second-order valence-corrected chi connectivity index (χ2v) is 4.99. The number of carbonyl (C=O) groups excluding carboxylic acids is 1. The lowest BCUT2D eigenvalue weighted by Crippen LogP contribution is -2.12. The average molecular weight is 363 g/mol. The predicted octanol–water partition coefficient (Wildman–Crippen LogP) is 4.90. The van der Waals surface area contributed by atoms with Crippen molar-refractivity contribution in [2.24, 2.45) is 0 Å². The van der Waals surface area contributed by atoms with Gasteiger partial charge in [0.1, 0.15) is 11.3 Å². The van der Waals surface area contributed by atoms with Gasteiger partial charge in [-0.3, -0.25) is 0 Å². The van der Waals surface area contributed by atoms with Gasteiger partial charge in [0.2, 0.25) is 5.76 Å². The highest BCUT2D eigenvalue weighted by atomic mass is 79.9. The number of ether oxygens (including phenoxy) is 1. The Kier molecular flexibility index (Phi) is 4.41. The van der Waals surface area contributed by atoms with E-state index in [4.69, 9.17) is 4.42 Å². The molecule has 0 saturated carbocycles. The van der Waals surface area contributed by atoms with Crippen LogP contribution in [0.4, 0.5) is 13.2 Å². The van der Waals surface area contributed by atoms with E-state index in [1.807, 2.05) is 0 Å². The molecule has 7 heteroatoms. The van der Waals surface area contributed by atoms with Gasteiger partial charge in [0, 0.05) is 10.0 Å². The monoisotopic (exact) mass is 362 g/mol. The Morgan fingerprint density at radius 2 is 1.90 bits per heavy atom. The molecule has 0 radical (unpaired) electrons.